The van der Waals surface area contributed by atoms with Crippen LogP contribution in [-0.4, -0.2) is 51.4 Å². The maximum Gasteiger partial charge on any atom is 0.295 e. The first-order valence-electron chi connectivity index (χ1n) is 7.52. The van der Waals surface area contributed by atoms with Crippen LogP contribution in [0.4, 0.5) is 8.78 Å². The third-order valence-corrected chi connectivity index (χ3v) is 3.93. The van der Waals surface area contributed by atoms with Crippen molar-refractivity contribution in [1.29, 1.82) is 0 Å². The van der Waals surface area contributed by atoms with Gasteiger partial charge in [-0.05, 0) is 19.1 Å². The normalized spacial score (nSPS) is 22.0. The van der Waals surface area contributed by atoms with Crippen molar-refractivity contribution >= 4 is 12.1 Å². The highest BCUT2D eigenvalue weighted by Crippen LogP contribution is 2.06. The summed E-state index contributed by atoms with van der Waals surface area (Å²) in [5, 5.41) is 3.72. The van der Waals surface area contributed by atoms with Crippen molar-refractivity contribution in [1.82, 2.24) is 5.43 Å². The Morgan fingerprint density at radius 3 is 2.59 bits per heavy atom. The number of carbonyl (C=O) groups is 1. The van der Waals surface area contributed by atoms with Gasteiger partial charge in [0.2, 0.25) is 0 Å². The van der Waals surface area contributed by atoms with Crippen LogP contribution < -0.4 is 15.2 Å². The monoisotopic (exact) mass is 312 g/mol. The highest BCUT2D eigenvalue weighted by atomic mass is 19.1. The second-order valence-corrected chi connectivity index (χ2v) is 5.49. The lowest BCUT2D eigenvalue weighted by molar-refractivity contribution is -1.01. The van der Waals surface area contributed by atoms with Crippen LogP contribution in [0.1, 0.15) is 12.5 Å². The zero-order chi connectivity index (χ0) is 15.9. The Hall–Kier alpha value is -1.86. The predicted octanol–water partition coefficient (Wildman–Crippen LogP) is -1.78. The smallest absolute Gasteiger partial charge is 0.295 e. The van der Waals surface area contributed by atoms with E-state index in [-0.39, 0.29) is 11.5 Å². The molecule has 0 spiro atoms. The number of halogens is 2. The number of hydrogen-bond acceptors (Lipinski definition) is 2. The highest BCUT2D eigenvalue weighted by molar-refractivity contribution is 5.82. The molecule has 2 rings (SSSR count). The van der Waals surface area contributed by atoms with Crippen LogP contribution in [0.5, 0.6) is 0 Å². The highest BCUT2D eigenvalue weighted by Gasteiger charge is 2.23. The number of benzene rings is 1. The van der Waals surface area contributed by atoms with Crippen molar-refractivity contribution in [2.75, 3.05) is 39.3 Å². The van der Waals surface area contributed by atoms with Crippen molar-refractivity contribution in [2.45, 2.75) is 6.92 Å². The summed E-state index contributed by atoms with van der Waals surface area (Å²) in [4.78, 5) is 14.6. The molecule has 1 amide bonds. The average Bonchev–Trinajstić information content (AvgIpc) is 2.50. The molecule has 1 saturated heterocycles. The maximum atomic E-state index is 13.4. The second kappa shape index (κ2) is 7.95. The van der Waals surface area contributed by atoms with Crippen LogP contribution in [0.15, 0.2) is 23.3 Å². The lowest BCUT2D eigenvalue weighted by Crippen LogP contribution is -3.28. The van der Waals surface area contributed by atoms with Gasteiger partial charge in [-0.2, -0.15) is 5.10 Å². The lowest BCUT2D eigenvalue weighted by atomic mass is 10.2. The molecule has 1 heterocycles. The number of rotatable bonds is 5. The largest absolute Gasteiger partial charge is 0.326 e. The van der Waals surface area contributed by atoms with E-state index in [4.69, 9.17) is 0 Å². The summed E-state index contributed by atoms with van der Waals surface area (Å²) in [5.74, 6) is -1.55. The Bertz CT molecular complexity index is 542. The van der Waals surface area contributed by atoms with E-state index in [0.29, 0.717) is 6.54 Å². The number of piperazine rings is 1. The summed E-state index contributed by atoms with van der Waals surface area (Å²) in [5.41, 5.74) is 2.52. The number of carbonyl (C=O) groups excluding carboxylic acids is 1. The van der Waals surface area contributed by atoms with E-state index < -0.39 is 11.6 Å². The molecule has 0 unspecified atom stereocenters. The number of amides is 1. The molecule has 1 aliphatic heterocycles. The van der Waals surface area contributed by atoms with Crippen molar-refractivity contribution in [3.63, 3.8) is 0 Å². The quantitative estimate of drug-likeness (QED) is 0.437. The van der Waals surface area contributed by atoms with Gasteiger partial charge in [-0.1, -0.05) is 0 Å². The van der Waals surface area contributed by atoms with Crippen molar-refractivity contribution in [3.05, 3.63) is 35.4 Å². The molecule has 0 saturated carbocycles. The van der Waals surface area contributed by atoms with Crippen LogP contribution >= 0.6 is 0 Å². The van der Waals surface area contributed by atoms with E-state index in [0.717, 1.165) is 44.9 Å². The van der Waals surface area contributed by atoms with Gasteiger partial charge in [-0.15, -0.1) is 0 Å². The zero-order valence-corrected chi connectivity index (χ0v) is 12.7. The molecule has 0 radical (unpaired) electrons. The van der Waals surface area contributed by atoms with E-state index in [9.17, 15) is 13.6 Å². The van der Waals surface area contributed by atoms with Crippen LogP contribution in [0.2, 0.25) is 0 Å². The molecule has 120 valence electrons. The minimum absolute atomic E-state index is 0.134. The summed E-state index contributed by atoms with van der Waals surface area (Å²) in [6, 6.07) is 3.20. The number of hydrazone groups is 1. The molecule has 0 bridgehead atoms. The Labute approximate surface area is 128 Å². The van der Waals surface area contributed by atoms with Crippen LogP contribution in [0.3, 0.4) is 0 Å². The standard InChI is InChI=1S/C15H20F2N4O/c1-2-20-5-7-21(8-6-20)11-15(22)19-18-10-12-3-4-13(16)9-14(12)17/h3-4,9-10H,2,5-8,11H2,1H3,(H,19,22)/p+2/b18-10-. The van der Waals surface area contributed by atoms with E-state index in [1.807, 2.05) is 0 Å². The van der Waals surface area contributed by atoms with Gasteiger partial charge in [-0.3, -0.25) is 4.79 Å². The third kappa shape index (κ3) is 4.85. The fraction of sp³-hybridized carbons (Fsp3) is 0.467. The first-order chi connectivity index (χ1) is 10.6. The fourth-order valence-electron chi connectivity index (χ4n) is 2.53. The predicted molar refractivity (Wildman–Crippen MR) is 78.9 cm³/mol. The first kappa shape index (κ1) is 16.5. The summed E-state index contributed by atoms with van der Waals surface area (Å²) < 4.78 is 26.1. The number of quaternary nitrogens is 2. The molecule has 0 aliphatic carbocycles. The van der Waals surface area contributed by atoms with E-state index in [1.165, 1.54) is 17.2 Å². The van der Waals surface area contributed by atoms with Crippen LogP contribution in [0.25, 0.3) is 0 Å². The molecule has 0 aromatic heterocycles. The minimum Gasteiger partial charge on any atom is -0.326 e. The van der Waals surface area contributed by atoms with E-state index >= 15 is 0 Å². The lowest BCUT2D eigenvalue weighted by Gasteiger charge is -2.28. The molecule has 1 fully saturated rings. The Kier molecular flexibility index (Phi) is 5.97. The summed E-state index contributed by atoms with van der Waals surface area (Å²) >= 11 is 0. The SMILES string of the molecule is CC[NH+]1CC[NH+](CC(=O)N/N=C\c2ccc(F)cc2F)CC1. The van der Waals surface area contributed by atoms with Gasteiger partial charge < -0.3 is 9.80 Å². The Balaban J connectivity index is 1.77. The van der Waals surface area contributed by atoms with Crippen molar-refractivity contribution in [2.24, 2.45) is 5.10 Å². The van der Waals surface area contributed by atoms with Gasteiger partial charge >= 0.3 is 0 Å². The third-order valence-electron chi connectivity index (χ3n) is 3.93. The van der Waals surface area contributed by atoms with Crippen LogP contribution in [-0.2, 0) is 4.79 Å². The molecule has 0 atom stereocenters. The topological polar surface area (TPSA) is 50.3 Å². The summed E-state index contributed by atoms with van der Waals surface area (Å²) in [6.45, 7) is 7.72. The van der Waals surface area contributed by atoms with Crippen LogP contribution in [0, 0.1) is 11.6 Å². The van der Waals surface area contributed by atoms with Gasteiger partial charge in [0.05, 0.1) is 12.8 Å². The molecule has 5 nitrogen and oxygen atoms in total. The second-order valence-electron chi connectivity index (χ2n) is 5.49. The fourth-order valence-corrected chi connectivity index (χ4v) is 2.53. The average molecular weight is 312 g/mol. The molecule has 3 N–H and O–H groups in total. The number of nitrogens with one attached hydrogen (secondary N) is 3. The zero-order valence-electron chi connectivity index (χ0n) is 12.7. The van der Waals surface area contributed by atoms with Gasteiger partial charge in [0, 0.05) is 11.6 Å². The molecule has 7 heteroatoms. The van der Waals surface area contributed by atoms with E-state index in [2.05, 4.69) is 17.5 Å². The molecule has 1 aromatic carbocycles. The molecule has 1 aliphatic rings. The summed E-state index contributed by atoms with van der Waals surface area (Å²) in [7, 11) is 0. The molecule has 22 heavy (non-hydrogen) atoms. The van der Waals surface area contributed by atoms with Gasteiger partial charge in [0.15, 0.2) is 6.54 Å². The summed E-state index contributed by atoms with van der Waals surface area (Å²) in [6.07, 6.45) is 1.18. The number of hydrogen-bond donors (Lipinski definition) is 3. The van der Waals surface area contributed by atoms with E-state index in [1.54, 1.807) is 4.90 Å². The minimum atomic E-state index is -0.706. The number of likely N-dealkylation sites (N-methyl/N-ethyl adjacent to an activating group) is 1. The first-order valence-corrected chi connectivity index (χ1v) is 7.52. The molecular weight excluding hydrogens is 290 g/mol. The maximum absolute atomic E-state index is 13.4. The van der Waals surface area contributed by atoms with Crippen molar-refractivity contribution < 1.29 is 23.4 Å². The van der Waals surface area contributed by atoms with Crippen molar-refractivity contribution in [3.8, 4) is 0 Å². The Morgan fingerprint density at radius 1 is 1.27 bits per heavy atom. The molecular formula is C15H22F2N4O+2. The van der Waals surface area contributed by atoms with Gasteiger partial charge in [-0.25, -0.2) is 14.2 Å². The molecule has 1 aromatic rings. The Morgan fingerprint density at radius 2 is 1.95 bits per heavy atom. The number of nitrogens with zero attached hydrogens (tertiary/aromatic N) is 1. The van der Waals surface area contributed by atoms with Gasteiger partial charge in [0.25, 0.3) is 5.91 Å². The van der Waals surface area contributed by atoms with Gasteiger partial charge in [0.1, 0.15) is 37.8 Å².